The SMILES string of the molecule is CCCn1ccnc1CN1CCC[C@](CC)(CO)C1. The molecule has 1 aliphatic rings. The summed E-state index contributed by atoms with van der Waals surface area (Å²) in [6, 6.07) is 0. The maximum atomic E-state index is 9.68. The molecule has 1 atom stereocenters. The standard InChI is InChI=1S/C15H27N3O/c1-3-8-18-10-7-16-14(18)11-17-9-5-6-15(4-2,12-17)13-19/h7,10,19H,3-6,8-9,11-13H2,1-2H3/t15-/m0/s1. The molecule has 1 N–H and O–H groups in total. The van der Waals surface area contributed by atoms with E-state index in [1.807, 2.05) is 6.20 Å². The van der Waals surface area contributed by atoms with Crippen LogP contribution in [0.2, 0.25) is 0 Å². The van der Waals surface area contributed by atoms with Gasteiger partial charge in [-0.3, -0.25) is 4.90 Å². The molecule has 0 bridgehead atoms. The minimum absolute atomic E-state index is 0.112. The van der Waals surface area contributed by atoms with Crippen LogP contribution < -0.4 is 0 Å². The lowest BCUT2D eigenvalue weighted by Crippen LogP contribution is -2.44. The zero-order chi connectivity index (χ0) is 13.7. The van der Waals surface area contributed by atoms with Gasteiger partial charge in [-0.1, -0.05) is 13.8 Å². The van der Waals surface area contributed by atoms with Crippen molar-refractivity contribution in [2.75, 3.05) is 19.7 Å². The summed E-state index contributed by atoms with van der Waals surface area (Å²) in [5.74, 6) is 1.16. The zero-order valence-corrected chi connectivity index (χ0v) is 12.3. The molecule has 0 aliphatic carbocycles. The first kappa shape index (κ1) is 14.5. The Kier molecular flexibility index (Phi) is 4.99. The zero-order valence-electron chi connectivity index (χ0n) is 12.3. The van der Waals surface area contributed by atoms with Gasteiger partial charge in [0.15, 0.2) is 0 Å². The first-order chi connectivity index (χ1) is 9.23. The maximum Gasteiger partial charge on any atom is 0.122 e. The van der Waals surface area contributed by atoms with E-state index in [1.54, 1.807) is 0 Å². The number of aromatic nitrogens is 2. The van der Waals surface area contributed by atoms with Crippen molar-refractivity contribution in [1.29, 1.82) is 0 Å². The van der Waals surface area contributed by atoms with Crippen molar-refractivity contribution in [3.63, 3.8) is 0 Å². The van der Waals surface area contributed by atoms with E-state index < -0.39 is 0 Å². The Labute approximate surface area is 116 Å². The second-order valence-corrected chi connectivity index (χ2v) is 5.86. The minimum Gasteiger partial charge on any atom is -0.396 e. The van der Waals surface area contributed by atoms with Crippen molar-refractivity contribution >= 4 is 0 Å². The van der Waals surface area contributed by atoms with Gasteiger partial charge in [0, 0.05) is 37.5 Å². The molecule has 1 aromatic rings. The van der Waals surface area contributed by atoms with E-state index in [-0.39, 0.29) is 5.41 Å². The van der Waals surface area contributed by atoms with Crippen molar-refractivity contribution < 1.29 is 5.11 Å². The average molecular weight is 265 g/mol. The Bertz CT molecular complexity index is 384. The molecular weight excluding hydrogens is 238 g/mol. The molecule has 19 heavy (non-hydrogen) atoms. The van der Waals surface area contributed by atoms with E-state index in [1.165, 1.54) is 6.42 Å². The van der Waals surface area contributed by atoms with Crippen LogP contribution in [-0.2, 0) is 13.1 Å². The summed E-state index contributed by atoms with van der Waals surface area (Å²) in [7, 11) is 0. The lowest BCUT2D eigenvalue weighted by Gasteiger charge is -2.41. The Balaban J connectivity index is 2.00. The third kappa shape index (κ3) is 3.37. The number of hydrogen-bond donors (Lipinski definition) is 1. The van der Waals surface area contributed by atoms with E-state index in [4.69, 9.17) is 0 Å². The van der Waals surface area contributed by atoms with Crippen molar-refractivity contribution in [2.24, 2.45) is 5.41 Å². The number of aliphatic hydroxyl groups is 1. The van der Waals surface area contributed by atoms with Gasteiger partial charge in [0.05, 0.1) is 6.54 Å². The van der Waals surface area contributed by atoms with Crippen molar-refractivity contribution in [2.45, 2.75) is 52.6 Å². The van der Waals surface area contributed by atoms with Crippen LogP contribution in [-0.4, -0.2) is 39.3 Å². The van der Waals surface area contributed by atoms with E-state index in [2.05, 4.69) is 34.5 Å². The Morgan fingerprint density at radius 2 is 2.26 bits per heavy atom. The predicted octanol–water partition coefficient (Wildman–Crippen LogP) is 2.28. The number of imidazole rings is 1. The fourth-order valence-corrected chi connectivity index (χ4v) is 3.11. The maximum absolute atomic E-state index is 9.68. The van der Waals surface area contributed by atoms with E-state index >= 15 is 0 Å². The molecule has 0 radical (unpaired) electrons. The second kappa shape index (κ2) is 6.53. The Hall–Kier alpha value is -0.870. The van der Waals surface area contributed by atoms with Gasteiger partial charge in [-0.2, -0.15) is 0 Å². The summed E-state index contributed by atoms with van der Waals surface area (Å²) in [6.45, 7) is 8.77. The predicted molar refractivity (Wildman–Crippen MR) is 76.8 cm³/mol. The largest absolute Gasteiger partial charge is 0.396 e. The van der Waals surface area contributed by atoms with Crippen LogP contribution in [0.15, 0.2) is 12.4 Å². The molecule has 0 amide bonds. The molecule has 0 unspecified atom stereocenters. The van der Waals surface area contributed by atoms with Crippen LogP contribution in [0.3, 0.4) is 0 Å². The number of piperidine rings is 1. The van der Waals surface area contributed by atoms with Gasteiger partial charge in [-0.15, -0.1) is 0 Å². The van der Waals surface area contributed by atoms with Gasteiger partial charge >= 0.3 is 0 Å². The molecule has 108 valence electrons. The first-order valence-corrected chi connectivity index (χ1v) is 7.56. The average Bonchev–Trinajstić information content (AvgIpc) is 2.87. The third-order valence-corrected chi connectivity index (χ3v) is 4.46. The van der Waals surface area contributed by atoms with Crippen LogP contribution in [0.25, 0.3) is 0 Å². The summed E-state index contributed by atoms with van der Waals surface area (Å²) < 4.78 is 2.25. The molecule has 1 aliphatic heterocycles. The second-order valence-electron chi connectivity index (χ2n) is 5.86. The highest BCUT2D eigenvalue weighted by Crippen LogP contribution is 2.33. The van der Waals surface area contributed by atoms with Gasteiger partial charge in [-0.05, 0) is 32.2 Å². The van der Waals surface area contributed by atoms with Crippen molar-refractivity contribution in [3.8, 4) is 0 Å². The van der Waals surface area contributed by atoms with Gasteiger partial charge in [-0.25, -0.2) is 4.98 Å². The monoisotopic (exact) mass is 265 g/mol. The molecule has 4 heteroatoms. The first-order valence-electron chi connectivity index (χ1n) is 7.56. The number of aryl methyl sites for hydroxylation is 1. The third-order valence-electron chi connectivity index (χ3n) is 4.46. The van der Waals surface area contributed by atoms with Crippen LogP contribution in [0.1, 0.15) is 45.4 Å². The normalized spacial score (nSPS) is 24.8. The summed E-state index contributed by atoms with van der Waals surface area (Å²) >= 11 is 0. The summed E-state index contributed by atoms with van der Waals surface area (Å²) in [6.07, 6.45) is 8.50. The van der Waals surface area contributed by atoms with Gasteiger partial charge < -0.3 is 9.67 Å². The minimum atomic E-state index is 0.112. The van der Waals surface area contributed by atoms with Gasteiger partial charge in [0.2, 0.25) is 0 Å². The summed E-state index contributed by atoms with van der Waals surface area (Å²) in [4.78, 5) is 6.94. The molecular formula is C15H27N3O. The molecule has 0 spiro atoms. The fraction of sp³-hybridized carbons (Fsp3) is 0.800. The van der Waals surface area contributed by atoms with Gasteiger partial charge in [0.25, 0.3) is 0 Å². The molecule has 2 heterocycles. The molecule has 4 nitrogen and oxygen atoms in total. The summed E-state index contributed by atoms with van der Waals surface area (Å²) in [5.41, 5.74) is 0.112. The number of nitrogens with zero attached hydrogens (tertiary/aromatic N) is 3. The highest BCUT2D eigenvalue weighted by atomic mass is 16.3. The number of aliphatic hydroxyl groups excluding tert-OH is 1. The Morgan fingerprint density at radius 3 is 2.95 bits per heavy atom. The van der Waals surface area contributed by atoms with E-state index in [0.717, 1.165) is 51.3 Å². The Morgan fingerprint density at radius 1 is 1.42 bits per heavy atom. The number of hydrogen-bond acceptors (Lipinski definition) is 3. The highest BCUT2D eigenvalue weighted by molar-refractivity contribution is 4.94. The fourth-order valence-electron chi connectivity index (χ4n) is 3.11. The van der Waals surface area contributed by atoms with Crippen molar-refractivity contribution in [1.82, 2.24) is 14.5 Å². The summed E-state index contributed by atoms with van der Waals surface area (Å²) in [5, 5.41) is 9.68. The highest BCUT2D eigenvalue weighted by Gasteiger charge is 2.33. The quantitative estimate of drug-likeness (QED) is 0.858. The topological polar surface area (TPSA) is 41.3 Å². The van der Waals surface area contributed by atoms with Crippen LogP contribution in [0, 0.1) is 5.41 Å². The number of rotatable bonds is 6. The van der Waals surface area contributed by atoms with Crippen molar-refractivity contribution in [3.05, 3.63) is 18.2 Å². The van der Waals surface area contributed by atoms with E-state index in [0.29, 0.717) is 6.61 Å². The smallest absolute Gasteiger partial charge is 0.122 e. The molecule has 0 saturated carbocycles. The molecule has 2 rings (SSSR count). The van der Waals surface area contributed by atoms with Gasteiger partial charge in [0.1, 0.15) is 5.82 Å². The number of likely N-dealkylation sites (tertiary alicyclic amines) is 1. The lowest BCUT2D eigenvalue weighted by atomic mass is 9.78. The van der Waals surface area contributed by atoms with E-state index in [9.17, 15) is 5.11 Å². The molecule has 0 aromatic carbocycles. The van der Waals surface area contributed by atoms with Crippen LogP contribution in [0.4, 0.5) is 0 Å². The molecule has 1 fully saturated rings. The van der Waals surface area contributed by atoms with Crippen LogP contribution in [0.5, 0.6) is 0 Å². The molecule has 1 aromatic heterocycles. The molecule has 1 saturated heterocycles. The van der Waals surface area contributed by atoms with Crippen LogP contribution >= 0.6 is 0 Å². The lowest BCUT2D eigenvalue weighted by molar-refractivity contribution is 0.0243.